The van der Waals surface area contributed by atoms with Crippen molar-refractivity contribution in [3.8, 4) is 0 Å². The van der Waals surface area contributed by atoms with Gasteiger partial charge in [0.25, 0.3) is 0 Å². The van der Waals surface area contributed by atoms with Crippen LogP contribution in [0.25, 0.3) is 0 Å². The molecular weight excluding hydrogens is 305 g/mol. The molecule has 0 bridgehead atoms. The SMILES string of the molecule is CCC[C@H](NC1CCN(S(=O)(=O)C(F)(F)F)CC1)C1CC1. The van der Waals surface area contributed by atoms with Gasteiger partial charge in [0.15, 0.2) is 0 Å². The topological polar surface area (TPSA) is 49.4 Å². The number of alkyl halides is 3. The summed E-state index contributed by atoms with van der Waals surface area (Å²) in [6.07, 6.45) is 5.49. The van der Waals surface area contributed by atoms with Crippen LogP contribution >= 0.6 is 0 Å². The van der Waals surface area contributed by atoms with Gasteiger partial charge in [-0.25, -0.2) is 8.42 Å². The van der Waals surface area contributed by atoms with Gasteiger partial charge < -0.3 is 5.32 Å². The van der Waals surface area contributed by atoms with Crippen molar-refractivity contribution in [2.45, 2.75) is 63.0 Å². The van der Waals surface area contributed by atoms with Crippen LogP contribution in [0.15, 0.2) is 0 Å². The van der Waals surface area contributed by atoms with Crippen molar-refractivity contribution < 1.29 is 21.6 Å². The quantitative estimate of drug-likeness (QED) is 0.815. The Hall–Kier alpha value is -0.340. The van der Waals surface area contributed by atoms with Crippen LogP contribution in [0.2, 0.25) is 0 Å². The zero-order chi connectivity index (χ0) is 15.7. The third-order valence-corrected chi connectivity index (χ3v) is 5.96. The molecule has 21 heavy (non-hydrogen) atoms. The average molecular weight is 328 g/mol. The predicted octanol–water partition coefficient (Wildman–Crippen LogP) is 2.47. The Balaban J connectivity index is 1.85. The first-order valence-electron chi connectivity index (χ1n) is 7.58. The van der Waals surface area contributed by atoms with Gasteiger partial charge in [0.1, 0.15) is 0 Å². The number of hydrogen-bond donors (Lipinski definition) is 1. The Morgan fingerprint density at radius 2 is 1.76 bits per heavy atom. The lowest BCUT2D eigenvalue weighted by Crippen LogP contribution is -2.50. The Morgan fingerprint density at radius 1 is 1.19 bits per heavy atom. The average Bonchev–Trinajstić information content (AvgIpc) is 3.22. The number of sulfonamides is 1. The zero-order valence-electron chi connectivity index (χ0n) is 12.2. The summed E-state index contributed by atoms with van der Waals surface area (Å²) in [6.45, 7) is 2.02. The summed E-state index contributed by atoms with van der Waals surface area (Å²) < 4.78 is 60.7. The fourth-order valence-corrected chi connectivity index (χ4v) is 3.96. The molecule has 2 fully saturated rings. The van der Waals surface area contributed by atoms with Gasteiger partial charge in [-0.05, 0) is 38.0 Å². The lowest BCUT2D eigenvalue weighted by molar-refractivity contribution is -0.0495. The van der Waals surface area contributed by atoms with Crippen molar-refractivity contribution in [3.63, 3.8) is 0 Å². The molecule has 2 rings (SSSR count). The molecule has 0 unspecified atom stereocenters. The normalized spacial score (nSPS) is 24.2. The van der Waals surface area contributed by atoms with Gasteiger partial charge in [-0.1, -0.05) is 13.3 Å². The summed E-state index contributed by atoms with van der Waals surface area (Å²) in [5.74, 6) is 0.696. The molecule has 1 atom stereocenters. The van der Waals surface area contributed by atoms with Crippen molar-refractivity contribution in [2.75, 3.05) is 13.1 Å². The number of hydrogen-bond acceptors (Lipinski definition) is 3. The van der Waals surface area contributed by atoms with Crippen molar-refractivity contribution in [1.82, 2.24) is 9.62 Å². The highest BCUT2D eigenvalue weighted by molar-refractivity contribution is 7.90. The standard InChI is InChI=1S/C13H23F3N2O2S/c1-2-3-12(10-4-5-10)17-11-6-8-18(9-7-11)21(19,20)13(14,15)16/h10-12,17H,2-9H2,1H3/t12-/m0/s1. The van der Waals surface area contributed by atoms with Crippen LogP contribution in [0.3, 0.4) is 0 Å². The van der Waals surface area contributed by atoms with Gasteiger partial charge in [-0.2, -0.15) is 17.5 Å². The van der Waals surface area contributed by atoms with E-state index in [1.165, 1.54) is 12.8 Å². The van der Waals surface area contributed by atoms with Gasteiger partial charge >= 0.3 is 15.5 Å². The maximum absolute atomic E-state index is 12.5. The molecule has 1 N–H and O–H groups in total. The van der Waals surface area contributed by atoms with Gasteiger partial charge in [0, 0.05) is 25.2 Å². The van der Waals surface area contributed by atoms with Gasteiger partial charge in [0.05, 0.1) is 0 Å². The van der Waals surface area contributed by atoms with Gasteiger partial charge in [0.2, 0.25) is 0 Å². The lowest BCUT2D eigenvalue weighted by atomic mass is 10.0. The van der Waals surface area contributed by atoms with Crippen LogP contribution in [-0.4, -0.2) is 43.4 Å². The summed E-state index contributed by atoms with van der Waals surface area (Å²) in [4.78, 5) is 0. The van der Waals surface area contributed by atoms with Crippen LogP contribution < -0.4 is 5.32 Å². The molecule has 1 aliphatic carbocycles. The fraction of sp³-hybridized carbons (Fsp3) is 1.00. The molecule has 8 heteroatoms. The van der Waals surface area contributed by atoms with E-state index in [-0.39, 0.29) is 19.1 Å². The summed E-state index contributed by atoms with van der Waals surface area (Å²) >= 11 is 0. The Kier molecular flexibility index (Phi) is 5.20. The molecule has 0 radical (unpaired) electrons. The minimum atomic E-state index is -5.19. The third kappa shape index (κ3) is 4.10. The van der Waals surface area contributed by atoms with E-state index in [1.807, 2.05) is 0 Å². The highest BCUT2D eigenvalue weighted by Gasteiger charge is 2.50. The second-order valence-electron chi connectivity index (χ2n) is 6.02. The summed E-state index contributed by atoms with van der Waals surface area (Å²) in [7, 11) is -5.16. The highest BCUT2D eigenvalue weighted by Crippen LogP contribution is 2.35. The monoisotopic (exact) mass is 328 g/mol. The Morgan fingerprint density at radius 3 is 2.19 bits per heavy atom. The van der Waals surface area contributed by atoms with Crippen LogP contribution in [-0.2, 0) is 10.0 Å². The first kappa shape index (κ1) is 17.0. The number of piperidine rings is 1. The molecule has 2 aliphatic rings. The number of rotatable bonds is 6. The molecule has 0 amide bonds. The molecule has 1 saturated carbocycles. The second kappa shape index (κ2) is 6.42. The highest BCUT2D eigenvalue weighted by atomic mass is 32.2. The van der Waals surface area contributed by atoms with Gasteiger partial charge in [-0.15, -0.1) is 0 Å². The van der Waals surface area contributed by atoms with E-state index in [2.05, 4.69) is 12.2 Å². The fourth-order valence-electron chi connectivity index (χ4n) is 2.98. The van der Waals surface area contributed by atoms with Crippen LogP contribution in [0, 0.1) is 5.92 Å². The molecule has 124 valence electrons. The maximum Gasteiger partial charge on any atom is 0.511 e. The number of nitrogens with zero attached hydrogens (tertiary/aromatic N) is 1. The molecular formula is C13H23F3N2O2S. The van der Waals surface area contributed by atoms with Crippen molar-refractivity contribution >= 4 is 10.0 Å². The van der Waals surface area contributed by atoms with Crippen molar-refractivity contribution in [2.24, 2.45) is 5.92 Å². The molecule has 4 nitrogen and oxygen atoms in total. The molecule has 0 aromatic heterocycles. The molecule has 1 heterocycles. The Bertz CT molecular complexity index is 441. The van der Waals surface area contributed by atoms with E-state index in [1.54, 1.807) is 0 Å². The summed E-state index contributed by atoms with van der Waals surface area (Å²) in [5, 5.41) is 3.53. The lowest BCUT2D eigenvalue weighted by Gasteiger charge is -2.34. The van der Waals surface area contributed by atoms with Gasteiger partial charge in [-0.3, -0.25) is 0 Å². The van der Waals surface area contributed by atoms with Crippen molar-refractivity contribution in [1.29, 1.82) is 0 Å². The summed E-state index contributed by atoms with van der Waals surface area (Å²) in [5.41, 5.74) is -5.19. The first-order chi connectivity index (χ1) is 9.75. The van der Waals surface area contributed by atoms with E-state index in [0.717, 1.165) is 12.8 Å². The first-order valence-corrected chi connectivity index (χ1v) is 9.02. The largest absolute Gasteiger partial charge is 0.511 e. The maximum atomic E-state index is 12.5. The molecule has 0 aromatic carbocycles. The minimum Gasteiger partial charge on any atom is -0.311 e. The number of nitrogens with one attached hydrogen (secondary N) is 1. The van der Waals surface area contributed by atoms with E-state index in [4.69, 9.17) is 0 Å². The molecule has 0 aromatic rings. The van der Waals surface area contributed by atoms with E-state index in [0.29, 0.717) is 29.1 Å². The smallest absolute Gasteiger partial charge is 0.311 e. The van der Waals surface area contributed by atoms with E-state index in [9.17, 15) is 21.6 Å². The minimum absolute atomic E-state index is 0.0526. The predicted molar refractivity (Wildman–Crippen MR) is 74.1 cm³/mol. The zero-order valence-corrected chi connectivity index (χ0v) is 13.0. The van der Waals surface area contributed by atoms with Crippen LogP contribution in [0.1, 0.15) is 45.4 Å². The van der Waals surface area contributed by atoms with Crippen molar-refractivity contribution in [3.05, 3.63) is 0 Å². The second-order valence-corrected chi connectivity index (χ2v) is 7.95. The van der Waals surface area contributed by atoms with Crippen LogP contribution in [0.4, 0.5) is 13.2 Å². The summed E-state index contributed by atoms with van der Waals surface area (Å²) in [6, 6.07) is 0.563. The van der Waals surface area contributed by atoms with E-state index < -0.39 is 15.5 Å². The Labute approximate surface area is 124 Å². The molecule has 0 spiro atoms. The molecule has 1 aliphatic heterocycles. The van der Waals surface area contributed by atoms with Crippen LogP contribution in [0.5, 0.6) is 0 Å². The third-order valence-electron chi connectivity index (χ3n) is 4.33. The molecule has 1 saturated heterocycles. The van der Waals surface area contributed by atoms with E-state index >= 15 is 0 Å². The number of halogens is 3.